The van der Waals surface area contributed by atoms with Gasteiger partial charge in [-0.05, 0) is 55.7 Å². The molecule has 2 aromatic carbocycles. The van der Waals surface area contributed by atoms with Crippen LogP contribution in [0.5, 0.6) is 0 Å². The lowest BCUT2D eigenvalue weighted by Gasteiger charge is -2.11. The van der Waals surface area contributed by atoms with Crippen LogP contribution in [0.25, 0.3) is 0 Å². The lowest BCUT2D eigenvalue weighted by Crippen LogP contribution is -2.22. The van der Waals surface area contributed by atoms with Crippen molar-refractivity contribution < 1.29 is 19.5 Å². The van der Waals surface area contributed by atoms with Crippen molar-refractivity contribution in [1.29, 1.82) is 0 Å². The molecule has 0 aliphatic rings. The number of carboxylic acid groups (broad SMARTS) is 1. The van der Waals surface area contributed by atoms with E-state index in [9.17, 15) is 19.5 Å². The number of carbonyl (C=O) groups is 3. The normalized spacial score (nSPS) is 10.3. The van der Waals surface area contributed by atoms with Crippen molar-refractivity contribution in [3.63, 3.8) is 0 Å². The second kappa shape index (κ2) is 9.39. The first-order valence-corrected chi connectivity index (χ1v) is 8.88. The van der Waals surface area contributed by atoms with Crippen molar-refractivity contribution in [3.05, 3.63) is 57.6 Å². The first-order chi connectivity index (χ1) is 12.8. The van der Waals surface area contributed by atoms with Crippen molar-refractivity contribution in [3.8, 4) is 0 Å². The van der Waals surface area contributed by atoms with E-state index in [-0.39, 0.29) is 35.8 Å². The standard InChI is InChI=1S/C19H18Cl2N2O4/c1-11-5-6-13(10-16(11)21)23-19(27)14-9-12(7-8-15(14)20)22-17(24)3-2-4-18(25)26/h5-10H,2-4H2,1H3,(H,22,24)(H,23,27)(H,25,26)/p-1. The van der Waals surface area contributed by atoms with Crippen LogP contribution in [0.15, 0.2) is 36.4 Å². The zero-order valence-corrected chi connectivity index (χ0v) is 16.0. The van der Waals surface area contributed by atoms with Crippen molar-refractivity contribution in [2.24, 2.45) is 0 Å². The number of hydrogen-bond acceptors (Lipinski definition) is 4. The van der Waals surface area contributed by atoms with Crippen LogP contribution in [0.3, 0.4) is 0 Å². The number of anilines is 2. The van der Waals surface area contributed by atoms with Gasteiger partial charge in [-0.25, -0.2) is 0 Å². The molecule has 142 valence electrons. The van der Waals surface area contributed by atoms with Crippen molar-refractivity contribution in [2.45, 2.75) is 26.2 Å². The average molecular weight is 408 g/mol. The fourth-order valence-electron chi connectivity index (χ4n) is 2.26. The molecule has 8 heteroatoms. The Kier molecular flexibility index (Phi) is 7.21. The fourth-order valence-corrected chi connectivity index (χ4v) is 2.65. The third-order valence-corrected chi connectivity index (χ3v) is 4.45. The molecular weight excluding hydrogens is 391 g/mol. The molecule has 0 fully saturated rings. The SMILES string of the molecule is Cc1ccc(NC(=O)c2cc(NC(=O)CCCC(=O)[O-])ccc2Cl)cc1Cl. The van der Waals surface area contributed by atoms with E-state index in [1.54, 1.807) is 24.3 Å². The highest BCUT2D eigenvalue weighted by atomic mass is 35.5. The van der Waals surface area contributed by atoms with Crippen molar-refractivity contribution in [1.82, 2.24) is 0 Å². The summed E-state index contributed by atoms with van der Waals surface area (Å²) in [6.07, 6.45) is 0.00406. The number of aryl methyl sites for hydroxylation is 1. The molecule has 0 saturated heterocycles. The number of nitrogens with one attached hydrogen (secondary N) is 2. The van der Waals surface area contributed by atoms with Gasteiger partial charge in [0.1, 0.15) is 0 Å². The molecule has 2 aromatic rings. The summed E-state index contributed by atoms with van der Waals surface area (Å²) < 4.78 is 0. The van der Waals surface area contributed by atoms with Gasteiger partial charge in [-0.2, -0.15) is 0 Å². The van der Waals surface area contributed by atoms with E-state index in [0.29, 0.717) is 16.4 Å². The Bertz CT molecular complexity index is 884. The molecule has 0 aliphatic heterocycles. The van der Waals surface area contributed by atoms with E-state index in [1.807, 2.05) is 6.92 Å². The predicted octanol–water partition coefficient (Wildman–Crippen LogP) is 3.41. The maximum atomic E-state index is 12.5. The molecular formula is C19H17Cl2N2O4-. The predicted molar refractivity (Wildman–Crippen MR) is 103 cm³/mol. The molecule has 0 saturated carbocycles. The van der Waals surface area contributed by atoms with Gasteiger partial charge in [-0.1, -0.05) is 29.3 Å². The van der Waals surface area contributed by atoms with E-state index in [4.69, 9.17) is 23.2 Å². The lowest BCUT2D eigenvalue weighted by molar-refractivity contribution is -0.305. The molecule has 0 aliphatic carbocycles. The lowest BCUT2D eigenvalue weighted by atomic mass is 10.1. The van der Waals surface area contributed by atoms with Gasteiger partial charge in [0.2, 0.25) is 5.91 Å². The molecule has 0 spiro atoms. The number of aliphatic carboxylic acids is 1. The maximum absolute atomic E-state index is 12.5. The number of carboxylic acids is 1. The first kappa shape index (κ1) is 20.7. The minimum absolute atomic E-state index is 0.0278. The van der Waals surface area contributed by atoms with E-state index < -0.39 is 11.9 Å². The Morgan fingerprint density at radius 3 is 2.26 bits per heavy atom. The summed E-state index contributed by atoms with van der Waals surface area (Å²) in [4.78, 5) is 34.7. The fraction of sp³-hybridized carbons (Fsp3) is 0.211. The molecule has 27 heavy (non-hydrogen) atoms. The second-order valence-corrected chi connectivity index (χ2v) is 6.70. The third-order valence-electron chi connectivity index (χ3n) is 3.71. The highest BCUT2D eigenvalue weighted by molar-refractivity contribution is 6.34. The molecule has 0 unspecified atom stereocenters. The molecule has 2 N–H and O–H groups in total. The van der Waals surface area contributed by atoms with Crippen LogP contribution in [0.2, 0.25) is 10.0 Å². The summed E-state index contributed by atoms with van der Waals surface area (Å²) in [6, 6.07) is 9.63. The summed E-state index contributed by atoms with van der Waals surface area (Å²) >= 11 is 12.1. The monoisotopic (exact) mass is 407 g/mol. The highest BCUT2D eigenvalue weighted by Gasteiger charge is 2.13. The number of benzene rings is 2. The first-order valence-electron chi connectivity index (χ1n) is 8.13. The zero-order chi connectivity index (χ0) is 20.0. The minimum Gasteiger partial charge on any atom is -0.550 e. The van der Waals surface area contributed by atoms with Crippen LogP contribution in [0.4, 0.5) is 11.4 Å². The van der Waals surface area contributed by atoms with Gasteiger partial charge in [0, 0.05) is 28.8 Å². The Balaban J connectivity index is 2.07. The summed E-state index contributed by atoms with van der Waals surface area (Å²) in [5.74, 6) is -2.02. The molecule has 0 radical (unpaired) electrons. The molecule has 0 atom stereocenters. The van der Waals surface area contributed by atoms with E-state index in [0.717, 1.165) is 5.56 Å². The number of hydrogen-bond donors (Lipinski definition) is 2. The molecule has 2 rings (SSSR count). The molecule has 0 aromatic heterocycles. The van der Waals surface area contributed by atoms with Crippen LogP contribution >= 0.6 is 23.2 Å². The quantitative estimate of drug-likeness (QED) is 0.734. The van der Waals surface area contributed by atoms with Gasteiger partial charge in [0.05, 0.1) is 10.6 Å². The van der Waals surface area contributed by atoms with E-state index in [1.165, 1.54) is 12.1 Å². The van der Waals surface area contributed by atoms with Crippen LogP contribution in [0.1, 0.15) is 35.2 Å². The highest BCUT2D eigenvalue weighted by Crippen LogP contribution is 2.24. The van der Waals surface area contributed by atoms with Gasteiger partial charge in [-0.3, -0.25) is 9.59 Å². The minimum atomic E-state index is -1.20. The van der Waals surface area contributed by atoms with Crippen molar-refractivity contribution >= 4 is 52.4 Å². The summed E-state index contributed by atoms with van der Waals surface area (Å²) in [6.45, 7) is 1.85. The Labute approximate surface area is 166 Å². The van der Waals surface area contributed by atoms with Gasteiger partial charge < -0.3 is 20.5 Å². The summed E-state index contributed by atoms with van der Waals surface area (Å²) in [7, 11) is 0. The van der Waals surface area contributed by atoms with Gasteiger partial charge >= 0.3 is 0 Å². The van der Waals surface area contributed by atoms with Gasteiger partial charge in [0.25, 0.3) is 5.91 Å². The van der Waals surface area contributed by atoms with Crippen LogP contribution in [-0.2, 0) is 9.59 Å². The topological polar surface area (TPSA) is 98.3 Å². The maximum Gasteiger partial charge on any atom is 0.257 e. The van der Waals surface area contributed by atoms with E-state index >= 15 is 0 Å². The number of halogens is 2. The van der Waals surface area contributed by atoms with Gasteiger partial charge in [-0.15, -0.1) is 0 Å². The second-order valence-electron chi connectivity index (χ2n) is 5.89. The van der Waals surface area contributed by atoms with Crippen LogP contribution in [-0.4, -0.2) is 17.8 Å². The van der Waals surface area contributed by atoms with E-state index in [2.05, 4.69) is 10.6 Å². The smallest absolute Gasteiger partial charge is 0.257 e. The van der Waals surface area contributed by atoms with Crippen LogP contribution < -0.4 is 15.7 Å². The van der Waals surface area contributed by atoms with Gasteiger partial charge in [0.15, 0.2) is 0 Å². The Hall–Kier alpha value is -2.57. The average Bonchev–Trinajstić information content (AvgIpc) is 2.59. The third kappa shape index (κ3) is 6.27. The summed E-state index contributed by atoms with van der Waals surface area (Å²) in [5.41, 5.74) is 1.96. The molecule has 0 bridgehead atoms. The Morgan fingerprint density at radius 2 is 1.59 bits per heavy atom. The zero-order valence-electron chi connectivity index (χ0n) is 14.5. The Morgan fingerprint density at radius 1 is 0.926 bits per heavy atom. The summed E-state index contributed by atoms with van der Waals surface area (Å²) in [5, 5.41) is 16.4. The molecule has 2 amide bonds. The molecule has 6 nitrogen and oxygen atoms in total. The number of amides is 2. The number of carbonyl (C=O) groups excluding carboxylic acids is 3. The molecule has 0 heterocycles. The van der Waals surface area contributed by atoms with Crippen LogP contribution in [0, 0.1) is 6.92 Å². The number of rotatable bonds is 7. The van der Waals surface area contributed by atoms with Crippen molar-refractivity contribution in [2.75, 3.05) is 10.6 Å². The largest absolute Gasteiger partial charge is 0.550 e.